The van der Waals surface area contributed by atoms with E-state index in [-0.39, 0.29) is 5.71 Å². The average Bonchev–Trinajstić information content (AvgIpc) is 3.19. The first-order chi connectivity index (χ1) is 14.9. The number of carbonyl (C=O) groups is 1. The van der Waals surface area contributed by atoms with E-state index >= 15 is 0 Å². The molecule has 0 saturated carbocycles. The lowest BCUT2D eigenvalue weighted by molar-refractivity contribution is -0.110. The molecule has 3 heterocycles. The Labute approximate surface area is 181 Å². The highest BCUT2D eigenvalue weighted by atomic mass is 35.5. The lowest BCUT2D eigenvalue weighted by Crippen LogP contribution is -2.16. The van der Waals surface area contributed by atoms with E-state index in [0.717, 1.165) is 22.3 Å². The maximum atomic E-state index is 13.7. The molecule has 1 aliphatic rings. The van der Waals surface area contributed by atoms with Crippen LogP contribution in [0.2, 0.25) is 5.02 Å². The first kappa shape index (κ1) is 19.2. The van der Waals surface area contributed by atoms with Gasteiger partial charge in [0.2, 0.25) is 0 Å². The SMILES string of the molecule is Cc1c(C)n(-c2cccc(Cl)c2)c2ncnc(N/N=C3\C(=O)Nc4ccc(F)cc43)c12. The Morgan fingerprint density at radius 3 is 2.81 bits per heavy atom. The van der Waals surface area contributed by atoms with E-state index < -0.39 is 11.7 Å². The van der Waals surface area contributed by atoms with Crippen LogP contribution in [-0.4, -0.2) is 26.2 Å². The van der Waals surface area contributed by atoms with Crippen molar-refractivity contribution in [2.24, 2.45) is 5.10 Å². The number of nitrogens with zero attached hydrogens (tertiary/aromatic N) is 4. The largest absolute Gasteiger partial charge is 0.320 e. The number of carbonyl (C=O) groups excluding carboxylic acids is 1. The summed E-state index contributed by atoms with van der Waals surface area (Å²) in [7, 11) is 0. The molecular formula is C22H16ClFN6O. The highest BCUT2D eigenvalue weighted by Crippen LogP contribution is 2.32. The number of rotatable bonds is 3. The van der Waals surface area contributed by atoms with E-state index in [4.69, 9.17) is 11.6 Å². The zero-order valence-electron chi connectivity index (χ0n) is 16.6. The fraction of sp³-hybridized carbons (Fsp3) is 0.0909. The Bertz CT molecular complexity index is 1410. The Kier molecular flexibility index (Phi) is 4.44. The van der Waals surface area contributed by atoms with Crippen LogP contribution in [0.4, 0.5) is 15.9 Å². The molecule has 0 atom stereocenters. The van der Waals surface area contributed by atoms with E-state index in [9.17, 15) is 9.18 Å². The molecule has 9 heteroatoms. The van der Waals surface area contributed by atoms with Gasteiger partial charge in [-0.15, -0.1) is 0 Å². The molecule has 0 spiro atoms. The van der Waals surface area contributed by atoms with Crippen LogP contribution >= 0.6 is 11.6 Å². The van der Waals surface area contributed by atoms with Gasteiger partial charge in [0.15, 0.2) is 17.2 Å². The third kappa shape index (κ3) is 3.12. The minimum atomic E-state index is -0.447. The first-order valence-electron chi connectivity index (χ1n) is 9.47. The fourth-order valence-electron chi connectivity index (χ4n) is 3.76. The fourth-order valence-corrected chi connectivity index (χ4v) is 3.94. The predicted octanol–water partition coefficient (Wildman–Crippen LogP) is 4.60. The van der Waals surface area contributed by atoms with Crippen molar-refractivity contribution in [1.29, 1.82) is 0 Å². The molecule has 1 amide bonds. The molecular weight excluding hydrogens is 419 g/mol. The second kappa shape index (κ2) is 7.17. The first-order valence-corrected chi connectivity index (χ1v) is 9.85. The molecule has 0 radical (unpaired) electrons. The van der Waals surface area contributed by atoms with E-state index in [1.165, 1.54) is 24.5 Å². The van der Waals surface area contributed by atoms with Crippen molar-refractivity contribution >= 4 is 45.8 Å². The molecule has 0 aliphatic carbocycles. The summed E-state index contributed by atoms with van der Waals surface area (Å²) in [6, 6.07) is 11.6. The molecule has 4 aromatic rings. The Morgan fingerprint density at radius 2 is 2.00 bits per heavy atom. The number of hydrogen-bond donors (Lipinski definition) is 2. The van der Waals surface area contributed by atoms with E-state index in [0.29, 0.717) is 27.7 Å². The summed E-state index contributed by atoms with van der Waals surface area (Å²) in [4.78, 5) is 21.1. The van der Waals surface area contributed by atoms with E-state index in [2.05, 4.69) is 25.8 Å². The highest BCUT2D eigenvalue weighted by Gasteiger charge is 2.27. The van der Waals surface area contributed by atoms with Crippen molar-refractivity contribution in [2.45, 2.75) is 13.8 Å². The van der Waals surface area contributed by atoms with Crippen molar-refractivity contribution in [1.82, 2.24) is 14.5 Å². The van der Waals surface area contributed by atoms with Crippen molar-refractivity contribution in [3.63, 3.8) is 0 Å². The number of benzene rings is 2. The van der Waals surface area contributed by atoms with Crippen LogP contribution in [-0.2, 0) is 4.79 Å². The molecule has 7 nitrogen and oxygen atoms in total. The molecule has 5 rings (SSSR count). The third-order valence-electron chi connectivity index (χ3n) is 5.33. The predicted molar refractivity (Wildman–Crippen MR) is 119 cm³/mol. The van der Waals surface area contributed by atoms with Crippen LogP contribution in [0.5, 0.6) is 0 Å². The van der Waals surface area contributed by atoms with Gasteiger partial charge in [0.05, 0.1) is 11.1 Å². The summed E-state index contributed by atoms with van der Waals surface area (Å²) < 4.78 is 15.7. The maximum absolute atomic E-state index is 13.7. The van der Waals surface area contributed by atoms with Crippen LogP contribution < -0.4 is 10.7 Å². The van der Waals surface area contributed by atoms with Gasteiger partial charge < -0.3 is 5.32 Å². The van der Waals surface area contributed by atoms with Crippen LogP contribution in [0, 0.1) is 19.7 Å². The monoisotopic (exact) mass is 434 g/mol. The van der Waals surface area contributed by atoms with Gasteiger partial charge in [-0.3, -0.25) is 14.8 Å². The quantitative estimate of drug-likeness (QED) is 0.461. The summed E-state index contributed by atoms with van der Waals surface area (Å²) in [5.74, 6) is -0.420. The van der Waals surface area contributed by atoms with Crippen molar-refractivity contribution < 1.29 is 9.18 Å². The molecule has 1 aliphatic heterocycles. The summed E-state index contributed by atoms with van der Waals surface area (Å²) in [5.41, 5.74) is 7.36. The third-order valence-corrected chi connectivity index (χ3v) is 5.57. The second-order valence-corrected chi connectivity index (χ2v) is 7.60. The number of hydrazone groups is 1. The zero-order chi connectivity index (χ0) is 21.7. The molecule has 2 aromatic heterocycles. The average molecular weight is 435 g/mol. The van der Waals surface area contributed by atoms with E-state index in [1.54, 1.807) is 0 Å². The lowest BCUT2D eigenvalue weighted by atomic mass is 10.1. The highest BCUT2D eigenvalue weighted by molar-refractivity contribution is 6.53. The standard InChI is InChI=1S/C22H16ClFN6O/c1-11-12(2)30(15-5-3-4-13(23)8-15)21-18(11)20(25-10-26-21)29-28-19-16-9-14(24)6-7-17(16)27-22(19)31/h3-10H,1-2H3,(H,25,26,29)(H,27,28,31). The topological polar surface area (TPSA) is 84.2 Å². The van der Waals surface area contributed by atoms with Crippen LogP contribution in [0.25, 0.3) is 16.7 Å². The van der Waals surface area contributed by atoms with Gasteiger partial charge in [0.1, 0.15) is 12.1 Å². The smallest absolute Gasteiger partial charge is 0.276 e. The van der Waals surface area contributed by atoms with Crippen LogP contribution in [0.15, 0.2) is 53.9 Å². The minimum Gasteiger partial charge on any atom is -0.320 e. The number of aryl methyl sites for hydroxylation is 1. The van der Waals surface area contributed by atoms with Crippen molar-refractivity contribution in [2.75, 3.05) is 10.7 Å². The number of anilines is 2. The number of aromatic nitrogens is 3. The molecule has 2 aromatic carbocycles. The molecule has 0 bridgehead atoms. The molecule has 2 N–H and O–H groups in total. The van der Waals surface area contributed by atoms with Gasteiger partial charge in [0, 0.05) is 22.0 Å². The van der Waals surface area contributed by atoms with E-state index in [1.807, 2.05) is 42.7 Å². The normalized spacial score (nSPS) is 14.2. The summed E-state index contributed by atoms with van der Waals surface area (Å²) >= 11 is 6.18. The lowest BCUT2D eigenvalue weighted by Gasteiger charge is -2.08. The number of nitrogens with one attached hydrogen (secondary N) is 2. The number of amides is 1. The Balaban J connectivity index is 1.62. The van der Waals surface area contributed by atoms with Gasteiger partial charge in [-0.25, -0.2) is 14.4 Å². The van der Waals surface area contributed by atoms with Crippen molar-refractivity contribution in [3.05, 3.63) is 76.5 Å². The molecule has 0 unspecified atom stereocenters. The molecule has 154 valence electrons. The Morgan fingerprint density at radius 1 is 1.16 bits per heavy atom. The number of halogens is 2. The number of hydrogen-bond acceptors (Lipinski definition) is 5. The maximum Gasteiger partial charge on any atom is 0.276 e. The second-order valence-electron chi connectivity index (χ2n) is 7.16. The molecule has 31 heavy (non-hydrogen) atoms. The van der Waals surface area contributed by atoms with Gasteiger partial charge in [-0.05, 0) is 55.8 Å². The summed E-state index contributed by atoms with van der Waals surface area (Å²) in [6.07, 6.45) is 1.42. The van der Waals surface area contributed by atoms with Crippen LogP contribution in [0.3, 0.4) is 0 Å². The van der Waals surface area contributed by atoms with Gasteiger partial charge in [0.25, 0.3) is 5.91 Å². The number of fused-ring (bicyclic) bond motifs is 2. The minimum absolute atomic E-state index is 0.0879. The summed E-state index contributed by atoms with van der Waals surface area (Å²) in [5, 5.41) is 8.30. The van der Waals surface area contributed by atoms with Crippen molar-refractivity contribution in [3.8, 4) is 5.69 Å². The Hall–Kier alpha value is -3.78. The molecule has 0 fully saturated rings. The van der Waals surface area contributed by atoms with Gasteiger partial charge >= 0.3 is 0 Å². The van der Waals surface area contributed by atoms with Crippen LogP contribution in [0.1, 0.15) is 16.8 Å². The van der Waals surface area contributed by atoms with Gasteiger partial charge in [-0.1, -0.05) is 17.7 Å². The summed E-state index contributed by atoms with van der Waals surface area (Å²) in [6.45, 7) is 3.95. The van der Waals surface area contributed by atoms with Gasteiger partial charge in [-0.2, -0.15) is 5.10 Å². The zero-order valence-corrected chi connectivity index (χ0v) is 17.3. The molecule has 0 saturated heterocycles.